The van der Waals surface area contributed by atoms with Gasteiger partial charge in [0.25, 0.3) is 0 Å². The van der Waals surface area contributed by atoms with Crippen molar-refractivity contribution in [2.45, 2.75) is 18.1 Å². The fourth-order valence-corrected chi connectivity index (χ4v) is 1.12. The fraction of sp³-hybridized carbons (Fsp3) is 0.333. The van der Waals surface area contributed by atoms with Gasteiger partial charge < -0.3 is 25.7 Å². The molecule has 1 amide bonds. The molecule has 0 saturated carbocycles. The predicted molar refractivity (Wildman–Crippen MR) is 54.6 cm³/mol. The number of nitrogens with one attached hydrogen (secondary N) is 1. The van der Waals surface area contributed by atoms with Gasteiger partial charge in [0.2, 0.25) is 11.5 Å². The second kappa shape index (κ2) is 5.77. The van der Waals surface area contributed by atoms with Crippen LogP contribution in [0.3, 0.4) is 0 Å². The van der Waals surface area contributed by atoms with Crippen LogP contribution in [0.25, 0.3) is 0 Å². The zero-order valence-corrected chi connectivity index (χ0v) is 8.99. The van der Waals surface area contributed by atoms with Crippen molar-refractivity contribution in [3.05, 3.63) is 12.7 Å². The van der Waals surface area contributed by atoms with Crippen molar-refractivity contribution < 1.29 is 39.6 Å². The Bertz CT molecular complexity index is 403. The average molecular weight is 261 g/mol. The van der Waals surface area contributed by atoms with Gasteiger partial charge in [-0.05, 0) is 6.08 Å². The molecule has 0 aromatic heterocycles. The summed E-state index contributed by atoms with van der Waals surface area (Å²) in [5.74, 6) is -6.77. The summed E-state index contributed by atoms with van der Waals surface area (Å²) in [7, 11) is 0. The molecule has 18 heavy (non-hydrogen) atoms. The van der Waals surface area contributed by atoms with Crippen LogP contribution in [0.15, 0.2) is 12.7 Å². The molecule has 0 fully saturated rings. The van der Waals surface area contributed by atoms with E-state index in [1.54, 1.807) is 5.32 Å². The summed E-state index contributed by atoms with van der Waals surface area (Å²) >= 11 is 0. The molecule has 2 atom stereocenters. The number of hydrogen-bond donors (Lipinski definition) is 5. The minimum Gasteiger partial charge on any atom is -0.481 e. The highest BCUT2D eigenvalue weighted by Crippen LogP contribution is 2.17. The lowest BCUT2D eigenvalue weighted by Gasteiger charge is -2.28. The first-order chi connectivity index (χ1) is 8.15. The highest BCUT2D eigenvalue weighted by atomic mass is 16.4. The Labute approximate surface area is 100 Å². The minimum atomic E-state index is -3.17. The number of carbonyl (C=O) groups is 4. The monoisotopic (exact) mass is 261 g/mol. The van der Waals surface area contributed by atoms with Gasteiger partial charge in [0.1, 0.15) is 0 Å². The third-order valence-corrected chi connectivity index (χ3v) is 1.99. The number of carbonyl (C=O) groups excluding carboxylic acids is 1. The summed E-state index contributed by atoms with van der Waals surface area (Å²) in [5.41, 5.74) is -3.17. The topological polar surface area (TPSA) is 161 Å². The van der Waals surface area contributed by atoms with Gasteiger partial charge in [0, 0.05) is 0 Å². The van der Waals surface area contributed by atoms with Crippen molar-refractivity contribution in [1.29, 1.82) is 0 Å². The van der Waals surface area contributed by atoms with Gasteiger partial charge in [-0.15, -0.1) is 0 Å². The standard InChI is InChI=1S/C9H11NO8/c1-2-4(11)10-6(7(14)15)9(18,8(16)17)3-5(12)13/h2,6,18H,1,3H2,(H,10,11)(H,12,13)(H,14,15)(H,16,17). The summed E-state index contributed by atoms with van der Waals surface area (Å²) in [6, 6.07) is -2.32. The first kappa shape index (κ1) is 15.6. The van der Waals surface area contributed by atoms with E-state index in [9.17, 15) is 24.3 Å². The van der Waals surface area contributed by atoms with E-state index in [1.165, 1.54) is 0 Å². The molecule has 0 radical (unpaired) electrons. The van der Waals surface area contributed by atoms with E-state index in [0.717, 1.165) is 0 Å². The first-order valence-electron chi connectivity index (χ1n) is 4.48. The van der Waals surface area contributed by atoms with Crippen LogP contribution in [-0.2, 0) is 19.2 Å². The van der Waals surface area contributed by atoms with Crippen LogP contribution in [0, 0.1) is 0 Å². The Kier molecular flexibility index (Phi) is 5.00. The minimum absolute atomic E-state index is 0.652. The summed E-state index contributed by atoms with van der Waals surface area (Å²) in [6.45, 7) is 3.01. The van der Waals surface area contributed by atoms with Gasteiger partial charge in [-0.2, -0.15) is 0 Å². The van der Waals surface area contributed by atoms with Crippen molar-refractivity contribution in [2.75, 3.05) is 0 Å². The smallest absolute Gasteiger partial charge is 0.339 e. The second-order valence-electron chi connectivity index (χ2n) is 3.28. The van der Waals surface area contributed by atoms with E-state index < -0.39 is 41.9 Å². The van der Waals surface area contributed by atoms with Crippen LogP contribution >= 0.6 is 0 Å². The van der Waals surface area contributed by atoms with E-state index in [2.05, 4.69) is 6.58 Å². The number of rotatable bonds is 7. The van der Waals surface area contributed by atoms with Crippen LogP contribution in [0.1, 0.15) is 6.42 Å². The molecule has 0 aliphatic carbocycles. The number of aliphatic carboxylic acids is 3. The lowest BCUT2D eigenvalue weighted by molar-refractivity contribution is -0.175. The molecule has 0 heterocycles. The van der Waals surface area contributed by atoms with Crippen molar-refractivity contribution in [2.24, 2.45) is 0 Å². The van der Waals surface area contributed by atoms with Gasteiger partial charge in [-0.25, -0.2) is 9.59 Å². The molecule has 0 saturated heterocycles. The molecule has 0 aliphatic heterocycles. The molecule has 0 aromatic carbocycles. The van der Waals surface area contributed by atoms with Crippen molar-refractivity contribution >= 4 is 23.8 Å². The Hall–Kier alpha value is -2.42. The van der Waals surface area contributed by atoms with Crippen LogP contribution in [0.4, 0.5) is 0 Å². The Morgan fingerprint density at radius 2 is 1.72 bits per heavy atom. The SMILES string of the molecule is C=CC(=O)NC(C(=O)O)C(O)(CC(=O)O)C(=O)O. The molecular weight excluding hydrogens is 250 g/mol. The zero-order chi connectivity index (χ0) is 14.5. The molecule has 100 valence electrons. The molecule has 0 aromatic rings. The molecule has 5 N–H and O–H groups in total. The van der Waals surface area contributed by atoms with Crippen LogP contribution < -0.4 is 5.32 Å². The maximum Gasteiger partial charge on any atom is 0.339 e. The Morgan fingerprint density at radius 3 is 2.00 bits per heavy atom. The fourth-order valence-electron chi connectivity index (χ4n) is 1.12. The number of carboxylic acids is 3. The average Bonchev–Trinajstić information content (AvgIpc) is 2.23. The molecule has 0 bridgehead atoms. The van der Waals surface area contributed by atoms with E-state index in [0.29, 0.717) is 6.08 Å². The molecule has 2 unspecified atom stereocenters. The van der Waals surface area contributed by atoms with Gasteiger partial charge in [0.05, 0.1) is 6.42 Å². The van der Waals surface area contributed by atoms with Crippen LogP contribution in [0.5, 0.6) is 0 Å². The van der Waals surface area contributed by atoms with E-state index in [4.69, 9.17) is 15.3 Å². The maximum atomic E-state index is 10.9. The van der Waals surface area contributed by atoms with Crippen molar-refractivity contribution in [3.8, 4) is 0 Å². The van der Waals surface area contributed by atoms with Gasteiger partial charge in [0.15, 0.2) is 6.04 Å². The largest absolute Gasteiger partial charge is 0.481 e. The van der Waals surface area contributed by atoms with Crippen LogP contribution in [0.2, 0.25) is 0 Å². The molecule has 0 spiro atoms. The zero-order valence-electron chi connectivity index (χ0n) is 8.99. The molecule has 9 heteroatoms. The second-order valence-corrected chi connectivity index (χ2v) is 3.28. The third-order valence-electron chi connectivity index (χ3n) is 1.99. The first-order valence-corrected chi connectivity index (χ1v) is 4.48. The summed E-state index contributed by atoms with van der Waals surface area (Å²) in [4.78, 5) is 43.0. The maximum absolute atomic E-state index is 10.9. The highest BCUT2D eigenvalue weighted by molar-refractivity contribution is 5.96. The molecular formula is C9H11NO8. The Morgan fingerprint density at radius 1 is 1.22 bits per heavy atom. The molecule has 0 rings (SSSR count). The number of carboxylic acid groups (broad SMARTS) is 3. The summed E-state index contributed by atoms with van der Waals surface area (Å²) in [6.07, 6.45) is -0.740. The van der Waals surface area contributed by atoms with Crippen molar-refractivity contribution in [1.82, 2.24) is 5.32 Å². The normalized spacial score (nSPS) is 14.9. The number of hydrogen-bond acceptors (Lipinski definition) is 5. The lowest BCUT2D eigenvalue weighted by atomic mass is 9.90. The summed E-state index contributed by atoms with van der Waals surface area (Å²) in [5, 5.41) is 37.2. The van der Waals surface area contributed by atoms with Crippen molar-refractivity contribution in [3.63, 3.8) is 0 Å². The van der Waals surface area contributed by atoms with Gasteiger partial charge in [-0.1, -0.05) is 6.58 Å². The molecule has 0 aliphatic rings. The summed E-state index contributed by atoms with van der Waals surface area (Å²) < 4.78 is 0. The van der Waals surface area contributed by atoms with E-state index in [1.807, 2.05) is 0 Å². The third kappa shape index (κ3) is 3.56. The van der Waals surface area contributed by atoms with Gasteiger partial charge in [-0.3, -0.25) is 9.59 Å². The highest BCUT2D eigenvalue weighted by Gasteiger charge is 2.50. The number of amides is 1. The number of aliphatic hydroxyl groups is 1. The predicted octanol–water partition coefficient (Wildman–Crippen LogP) is -1.97. The Balaban J connectivity index is 5.42. The lowest BCUT2D eigenvalue weighted by Crippen LogP contribution is -2.61. The molecule has 9 nitrogen and oxygen atoms in total. The van der Waals surface area contributed by atoms with Gasteiger partial charge >= 0.3 is 17.9 Å². The van der Waals surface area contributed by atoms with E-state index >= 15 is 0 Å². The quantitative estimate of drug-likeness (QED) is 0.330. The van der Waals surface area contributed by atoms with Crippen LogP contribution in [-0.4, -0.2) is 55.9 Å². The van der Waals surface area contributed by atoms with E-state index in [-0.39, 0.29) is 0 Å².